The fraction of sp³-hybridized carbons (Fsp3) is 0.500. The molecule has 1 aromatic carbocycles. The lowest BCUT2D eigenvalue weighted by molar-refractivity contribution is 0.401. The second kappa shape index (κ2) is 2.89. The first-order valence-electron chi connectivity index (χ1n) is 5.43. The molecule has 3 heteroatoms. The van der Waals surface area contributed by atoms with Crippen molar-refractivity contribution in [2.45, 2.75) is 18.9 Å². The third kappa shape index (κ3) is 1.23. The van der Waals surface area contributed by atoms with Gasteiger partial charge in [0.2, 0.25) is 0 Å². The highest BCUT2D eigenvalue weighted by molar-refractivity contribution is 5.59. The topological polar surface area (TPSA) is 47.3 Å². The summed E-state index contributed by atoms with van der Waals surface area (Å²) >= 11 is 0. The normalized spacial score (nSPS) is 25.6. The number of rotatable bonds is 1. The van der Waals surface area contributed by atoms with Gasteiger partial charge in [0, 0.05) is 23.7 Å². The van der Waals surface area contributed by atoms with Gasteiger partial charge in [0.15, 0.2) is 0 Å². The molecular formula is C12H16N2O. The summed E-state index contributed by atoms with van der Waals surface area (Å²) in [5.41, 5.74) is 9.02. The van der Waals surface area contributed by atoms with Gasteiger partial charge in [-0.15, -0.1) is 0 Å². The van der Waals surface area contributed by atoms with E-state index in [0.717, 1.165) is 12.3 Å². The third-order valence-electron chi connectivity index (χ3n) is 3.78. The molecule has 2 aliphatic rings. The summed E-state index contributed by atoms with van der Waals surface area (Å²) in [6.07, 6.45) is 2.50. The van der Waals surface area contributed by atoms with Crippen LogP contribution in [0.25, 0.3) is 0 Å². The molecule has 1 unspecified atom stereocenters. The Morgan fingerprint density at radius 2 is 2.27 bits per heavy atom. The average molecular weight is 204 g/mol. The number of hydrogen-bond donors (Lipinski definition) is 2. The van der Waals surface area contributed by atoms with Gasteiger partial charge in [-0.3, -0.25) is 0 Å². The lowest BCUT2D eigenvalue weighted by atomic mass is 9.86. The highest BCUT2D eigenvalue weighted by atomic mass is 16.5. The predicted octanol–water partition coefficient (Wildman–Crippen LogP) is 1.90. The standard InChI is InChI=1S/C12H16N2O/c1-15-8-2-3-10-9(6-8)11(13)12(4-5-12)7-14-10/h2-3,6,11,14H,4-5,7,13H2,1H3. The van der Waals surface area contributed by atoms with E-state index < -0.39 is 0 Å². The first-order valence-corrected chi connectivity index (χ1v) is 5.43. The molecule has 1 atom stereocenters. The van der Waals surface area contributed by atoms with Crippen molar-refractivity contribution in [3.63, 3.8) is 0 Å². The Bertz CT molecular complexity index is 399. The van der Waals surface area contributed by atoms with Gasteiger partial charge in [-0.1, -0.05) is 0 Å². The molecule has 1 heterocycles. The van der Waals surface area contributed by atoms with Gasteiger partial charge in [0.1, 0.15) is 5.75 Å². The molecule has 1 saturated carbocycles. The second-order valence-corrected chi connectivity index (χ2v) is 4.65. The number of nitrogens with two attached hydrogens (primary N) is 1. The van der Waals surface area contributed by atoms with Gasteiger partial charge in [-0.05, 0) is 36.6 Å². The Morgan fingerprint density at radius 1 is 1.47 bits per heavy atom. The summed E-state index contributed by atoms with van der Waals surface area (Å²) < 4.78 is 5.23. The highest BCUT2D eigenvalue weighted by Gasteiger charge is 2.50. The van der Waals surface area contributed by atoms with E-state index in [0.29, 0.717) is 5.41 Å². The number of benzene rings is 1. The van der Waals surface area contributed by atoms with E-state index in [1.807, 2.05) is 6.07 Å². The van der Waals surface area contributed by atoms with Crippen molar-refractivity contribution >= 4 is 5.69 Å². The number of anilines is 1. The predicted molar refractivity (Wildman–Crippen MR) is 60.1 cm³/mol. The monoisotopic (exact) mass is 204 g/mol. The molecule has 0 bridgehead atoms. The van der Waals surface area contributed by atoms with Crippen LogP contribution in [0.5, 0.6) is 5.75 Å². The molecule has 3 N–H and O–H groups in total. The van der Waals surface area contributed by atoms with Crippen molar-refractivity contribution in [3.8, 4) is 5.75 Å². The SMILES string of the molecule is COc1ccc2c(c1)C(N)C1(CC1)CN2. The summed E-state index contributed by atoms with van der Waals surface area (Å²) in [4.78, 5) is 0. The molecule has 1 aliphatic carbocycles. The Morgan fingerprint density at radius 3 is 2.93 bits per heavy atom. The first-order chi connectivity index (χ1) is 7.25. The van der Waals surface area contributed by atoms with E-state index in [1.54, 1.807) is 7.11 Å². The Labute approximate surface area is 89.6 Å². The van der Waals surface area contributed by atoms with Crippen LogP contribution < -0.4 is 15.8 Å². The van der Waals surface area contributed by atoms with Crippen LogP contribution in [-0.4, -0.2) is 13.7 Å². The van der Waals surface area contributed by atoms with Crippen LogP contribution in [0.15, 0.2) is 18.2 Å². The Kier molecular flexibility index (Phi) is 1.74. The molecule has 1 aromatic rings. The smallest absolute Gasteiger partial charge is 0.119 e. The summed E-state index contributed by atoms with van der Waals surface area (Å²) in [6, 6.07) is 6.27. The molecule has 1 spiro atoms. The molecule has 3 nitrogen and oxygen atoms in total. The van der Waals surface area contributed by atoms with E-state index in [1.165, 1.54) is 24.1 Å². The minimum absolute atomic E-state index is 0.170. The summed E-state index contributed by atoms with van der Waals surface area (Å²) in [6.45, 7) is 1.02. The number of methoxy groups -OCH3 is 1. The molecule has 0 amide bonds. The van der Waals surface area contributed by atoms with E-state index in [-0.39, 0.29) is 6.04 Å². The second-order valence-electron chi connectivity index (χ2n) is 4.65. The van der Waals surface area contributed by atoms with Gasteiger partial charge in [-0.25, -0.2) is 0 Å². The van der Waals surface area contributed by atoms with Crippen LogP contribution in [0.3, 0.4) is 0 Å². The van der Waals surface area contributed by atoms with Crippen LogP contribution in [0.4, 0.5) is 5.69 Å². The van der Waals surface area contributed by atoms with Crippen LogP contribution in [0.1, 0.15) is 24.4 Å². The maximum absolute atomic E-state index is 6.31. The summed E-state index contributed by atoms with van der Waals surface area (Å²) in [7, 11) is 1.69. The van der Waals surface area contributed by atoms with Crippen molar-refractivity contribution in [3.05, 3.63) is 23.8 Å². The maximum Gasteiger partial charge on any atom is 0.119 e. The quantitative estimate of drug-likeness (QED) is 0.734. The van der Waals surface area contributed by atoms with Crippen molar-refractivity contribution in [1.29, 1.82) is 0 Å². The van der Waals surface area contributed by atoms with Crippen molar-refractivity contribution in [1.82, 2.24) is 0 Å². The number of ether oxygens (including phenoxy) is 1. The van der Waals surface area contributed by atoms with Gasteiger partial charge >= 0.3 is 0 Å². The van der Waals surface area contributed by atoms with E-state index in [9.17, 15) is 0 Å². The van der Waals surface area contributed by atoms with Crippen LogP contribution >= 0.6 is 0 Å². The Hall–Kier alpha value is -1.22. The zero-order valence-electron chi connectivity index (χ0n) is 8.92. The molecule has 3 rings (SSSR count). The van der Waals surface area contributed by atoms with Gasteiger partial charge in [0.25, 0.3) is 0 Å². The van der Waals surface area contributed by atoms with Crippen LogP contribution in [-0.2, 0) is 0 Å². The van der Waals surface area contributed by atoms with Gasteiger partial charge in [-0.2, -0.15) is 0 Å². The Balaban J connectivity index is 2.04. The molecule has 1 aliphatic heterocycles. The largest absolute Gasteiger partial charge is 0.497 e. The highest BCUT2D eigenvalue weighted by Crippen LogP contribution is 2.57. The fourth-order valence-corrected chi connectivity index (χ4v) is 2.45. The molecular weight excluding hydrogens is 188 g/mol. The maximum atomic E-state index is 6.31. The summed E-state index contributed by atoms with van der Waals surface area (Å²) in [5, 5.41) is 3.46. The van der Waals surface area contributed by atoms with Crippen LogP contribution in [0, 0.1) is 5.41 Å². The molecule has 0 aromatic heterocycles. The van der Waals surface area contributed by atoms with Crippen molar-refractivity contribution in [2.75, 3.05) is 19.0 Å². The van der Waals surface area contributed by atoms with Gasteiger partial charge < -0.3 is 15.8 Å². The fourth-order valence-electron chi connectivity index (χ4n) is 2.45. The van der Waals surface area contributed by atoms with Crippen molar-refractivity contribution < 1.29 is 4.74 Å². The molecule has 1 fully saturated rings. The molecule has 80 valence electrons. The molecule has 0 radical (unpaired) electrons. The molecule has 0 saturated heterocycles. The lowest BCUT2D eigenvalue weighted by Gasteiger charge is -2.32. The van der Waals surface area contributed by atoms with E-state index in [2.05, 4.69) is 17.4 Å². The number of fused-ring (bicyclic) bond motifs is 1. The number of nitrogens with one attached hydrogen (secondary N) is 1. The lowest BCUT2D eigenvalue weighted by Crippen LogP contribution is -2.34. The zero-order chi connectivity index (χ0) is 10.5. The zero-order valence-corrected chi connectivity index (χ0v) is 8.92. The summed E-state index contributed by atoms with van der Waals surface area (Å²) in [5.74, 6) is 0.892. The van der Waals surface area contributed by atoms with E-state index >= 15 is 0 Å². The molecule has 15 heavy (non-hydrogen) atoms. The van der Waals surface area contributed by atoms with Crippen LogP contribution in [0.2, 0.25) is 0 Å². The minimum atomic E-state index is 0.170. The third-order valence-corrected chi connectivity index (χ3v) is 3.78. The average Bonchev–Trinajstić information content (AvgIpc) is 3.05. The first kappa shape index (κ1) is 9.04. The van der Waals surface area contributed by atoms with E-state index in [4.69, 9.17) is 10.5 Å². The number of hydrogen-bond acceptors (Lipinski definition) is 3. The minimum Gasteiger partial charge on any atom is -0.497 e. The van der Waals surface area contributed by atoms with Gasteiger partial charge in [0.05, 0.1) is 7.11 Å². The van der Waals surface area contributed by atoms with Crippen molar-refractivity contribution in [2.24, 2.45) is 11.1 Å².